The third-order valence-electron chi connectivity index (χ3n) is 11.8. The van der Waals surface area contributed by atoms with Gasteiger partial charge >= 0.3 is 0 Å². The van der Waals surface area contributed by atoms with Gasteiger partial charge in [-0.15, -0.1) is 0 Å². The normalized spacial score (nSPS) is 12.1. The fourth-order valence-corrected chi connectivity index (χ4v) is 9.17. The van der Waals surface area contributed by atoms with Crippen LogP contribution < -0.4 is 0 Å². The smallest absolute Gasteiger partial charge is 0.167 e. The Morgan fingerprint density at radius 3 is 1.73 bits per heavy atom. The van der Waals surface area contributed by atoms with Crippen molar-refractivity contribution in [1.82, 2.24) is 19.5 Å². The molecule has 13 aromatic rings. The Kier molecular flexibility index (Phi) is 6.63. The third kappa shape index (κ3) is 4.71. The van der Waals surface area contributed by atoms with Crippen LogP contribution in [0, 0.1) is 0 Å². The Morgan fingerprint density at radius 1 is 0.339 bits per heavy atom. The van der Waals surface area contributed by atoms with Crippen molar-refractivity contribution in [2.75, 3.05) is 0 Å². The molecule has 59 heavy (non-hydrogen) atoms. The highest BCUT2D eigenvalue weighted by molar-refractivity contribution is 6.18. The fourth-order valence-electron chi connectivity index (χ4n) is 9.17. The first-order chi connectivity index (χ1) is 29.2. The molecule has 0 aliphatic rings. The molecule has 0 radical (unpaired) electrons. The Labute approximate surface area is 336 Å². The highest BCUT2D eigenvalue weighted by atomic mass is 16.3. The summed E-state index contributed by atoms with van der Waals surface area (Å²) >= 11 is 0. The van der Waals surface area contributed by atoms with Gasteiger partial charge in [0.05, 0.1) is 22.3 Å². The number of aromatic nitrogens is 4. The van der Waals surface area contributed by atoms with Crippen LogP contribution in [0.4, 0.5) is 0 Å². The van der Waals surface area contributed by atoms with Crippen molar-refractivity contribution in [1.29, 1.82) is 0 Å². The molecule has 0 unspecified atom stereocenters. The molecule has 274 valence electrons. The summed E-state index contributed by atoms with van der Waals surface area (Å²) in [6, 6.07) is 63.2. The fraction of sp³-hybridized carbons (Fsp3) is 0. The summed E-state index contributed by atoms with van der Waals surface area (Å²) in [7, 11) is 0. The summed E-state index contributed by atoms with van der Waals surface area (Å²) < 4.78 is 15.8. The van der Waals surface area contributed by atoms with Gasteiger partial charge < -0.3 is 13.4 Å². The first-order valence-electron chi connectivity index (χ1n) is 19.8. The Balaban J connectivity index is 1.12. The van der Waals surface area contributed by atoms with E-state index in [2.05, 4.69) is 144 Å². The zero-order valence-electron chi connectivity index (χ0n) is 31.4. The molecule has 6 nitrogen and oxygen atoms in total. The van der Waals surface area contributed by atoms with Gasteiger partial charge in [0.25, 0.3) is 0 Å². The second-order valence-electron chi connectivity index (χ2n) is 15.1. The van der Waals surface area contributed by atoms with Crippen LogP contribution >= 0.6 is 0 Å². The van der Waals surface area contributed by atoms with Gasteiger partial charge in [-0.2, -0.15) is 0 Å². The molecule has 9 aromatic carbocycles. The minimum absolute atomic E-state index is 0.530. The van der Waals surface area contributed by atoms with Crippen molar-refractivity contribution in [2.24, 2.45) is 0 Å². The number of rotatable bonds is 4. The van der Waals surface area contributed by atoms with Crippen molar-refractivity contribution in [2.45, 2.75) is 0 Å². The highest BCUT2D eigenvalue weighted by Crippen LogP contribution is 2.44. The largest absolute Gasteiger partial charge is 0.455 e. The lowest BCUT2D eigenvalue weighted by atomic mass is 10.0. The SMILES string of the molecule is c1ccc2cc3c(cc2c1)c1ccccc1n3-c1ccc(-c2nc(-c3cccc4ccccc34)nc(-c3cccc4c3oc3ccccc34)n2)c2c1oc1ccccc12. The zero-order chi connectivity index (χ0) is 38.6. The van der Waals surface area contributed by atoms with Crippen LogP contribution in [-0.4, -0.2) is 19.5 Å². The number of hydrogen-bond acceptors (Lipinski definition) is 5. The van der Waals surface area contributed by atoms with Crippen LogP contribution in [0.3, 0.4) is 0 Å². The molecule has 13 rings (SSSR count). The maximum atomic E-state index is 6.93. The van der Waals surface area contributed by atoms with Crippen molar-refractivity contribution in [3.63, 3.8) is 0 Å². The predicted molar refractivity (Wildman–Crippen MR) is 240 cm³/mol. The zero-order valence-corrected chi connectivity index (χ0v) is 31.4. The van der Waals surface area contributed by atoms with Crippen molar-refractivity contribution >= 4 is 87.2 Å². The van der Waals surface area contributed by atoms with E-state index in [4.69, 9.17) is 23.8 Å². The summed E-state index contributed by atoms with van der Waals surface area (Å²) in [5.41, 5.74) is 8.83. The average Bonchev–Trinajstić information content (AvgIpc) is 3.98. The summed E-state index contributed by atoms with van der Waals surface area (Å²) in [4.78, 5) is 15.9. The van der Waals surface area contributed by atoms with E-state index in [9.17, 15) is 0 Å². The Morgan fingerprint density at radius 2 is 0.898 bits per heavy atom. The van der Waals surface area contributed by atoms with E-state index in [-0.39, 0.29) is 0 Å². The second kappa shape index (κ2) is 12.2. The first-order valence-corrected chi connectivity index (χ1v) is 19.8. The van der Waals surface area contributed by atoms with Crippen LogP contribution in [0.15, 0.2) is 191 Å². The molecular formula is C53H30N4O2. The van der Waals surface area contributed by atoms with E-state index in [0.29, 0.717) is 17.5 Å². The molecule has 0 N–H and O–H groups in total. The van der Waals surface area contributed by atoms with E-state index in [0.717, 1.165) is 88.1 Å². The number of para-hydroxylation sites is 4. The lowest BCUT2D eigenvalue weighted by Gasteiger charge is -2.13. The molecule has 0 saturated carbocycles. The summed E-state index contributed by atoms with van der Waals surface area (Å²) in [5, 5.41) is 10.9. The van der Waals surface area contributed by atoms with Gasteiger partial charge in [-0.25, -0.2) is 15.0 Å². The van der Waals surface area contributed by atoms with Crippen LogP contribution in [-0.2, 0) is 0 Å². The molecule has 0 aliphatic carbocycles. The second-order valence-corrected chi connectivity index (χ2v) is 15.1. The maximum absolute atomic E-state index is 6.93. The molecular weight excluding hydrogens is 725 g/mol. The third-order valence-corrected chi connectivity index (χ3v) is 11.8. The molecule has 4 heterocycles. The molecule has 0 atom stereocenters. The molecule has 0 aliphatic heterocycles. The molecule has 4 aromatic heterocycles. The van der Waals surface area contributed by atoms with Crippen LogP contribution in [0.2, 0.25) is 0 Å². The molecule has 0 saturated heterocycles. The van der Waals surface area contributed by atoms with Crippen molar-refractivity contribution in [3.8, 4) is 39.9 Å². The summed E-state index contributed by atoms with van der Waals surface area (Å²) in [5.74, 6) is 1.65. The number of fused-ring (bicyclic) bond motifs is 11. The monoisotopic (exact) mass is 754 g/mol. The molecule has 0 fully saturated rings. The van der Waals surface area contributed by atoms with E-state index in [1.807, 2.05) is 42.5 Å². The minimum Gasteiger partial charge on any atom is -0.455 e. The average molecular weight is 755 g/mol. The van der Waals surface area contributed by atoms with Gasteiger partial charge in [0.15, 0.2) is 23.1 Å². The highest BCUT2D eigenvalue weighted by Gasteiger charge is 2.24. The van der Waals surface area contributed by atoms with Gasteiger partial charge in [0, 0.05) is 43.4 Å². The molecule has 6 heteroatoms. The van der Waals surface area contributed by atoms with Crippen LogP contribution in [0.25, 0.3) is 127 Å². The van der Waals surface area contributed by atoms with E-state index >= 15 is 0 Å². The lowest BCUT2D eigenvalue weighted by molar-refractivity contribution is 0.666. The van der Waals surface area contributed by atoms with Crippen LogP contribution in [0.5, 0.6) is 0 Å². The summed E-state index contributed by atoms with van der Waals surface area (Å²) in [6.45, 7) is 0. The van der Waals surface area contributed by atoms with E-state index < -0.39 is 0 Å². The molecule has 0 bridgehead atoms. The van der Waals surface area contributed by atoms with Crippen molar-refractivity contribution in [3.05, 3.63) is 182 Å². The number of hydrogen-bond donors (Lipinski definition) is 0. The predicted octanol–water partition coefficient (Wildman–Crippen LogP) is 14.1. The molecule has 0 amide bonds. The molecule has 0 spiro atoms. The first kappa shape index (κ1) is 32.0. The van der Waals surface area contributed by atoms with Gasteiger partial charge in [-0.3, -0.25) is 0 Å². The van der Waals surface area contributed by atoms with Gasteiger partial charge in [-0.05, 0) is 70.1 Å². The number of furan rings is 2. The van der Waals surface area contributed by atoms with Gasteiger partial charge in [0.1, 0.15) is 16.7 Å². The van der Waals surface area contributed by atoms with Gasteiger partial charge in [0.2, 0.25) is 0 Å². The minimum atomic E-state index is 0.530. The lowest BCUT2D eigenvalue weighted by Crippen LogP contribution is -2.02. The van der Waals surface area contributed by atoms with Gasteiger partial charge in [-0.1, -0.05) is 133 Å². The van der Waals surface area contributed by atoms with E-state index in [1.54, 1.807) is 0 Å². The van der Waals surface area contributed by atoms with Crippen molar-refractivity contribution < 1.29 is 8.83 Å². The number of benzene rings is 9. The topological polar surface area (TPSA) is 69.9 Å². The van der Waals surface area contributed by atoms with Crippen LogP contribution in [0.1, 0.15) is 0 Å². The Bertz CT molecular complexity index is 3870. The quantitative estimate of drug-likeness (QED) is 0.179. The number of nitrogens with zero attached hydrogens (tertiary/aromatic N) is 4. The Hall–Kier alpha value is -8.09. The standard InChI is InChI=1S/C53H30N4O2/c1-2-15-33-30-45-42(29-32(33)14-1)35-18-5-8-24-43(35)57(45)44-28-27-40(48-39-20-7-10-26-47(39)59-50(44)48)52-54-51(38-22-11-16-31-13-3-4-17-34(31)38)55-53(56-52)41-23-12-21-37-36-19-6-9-25-46(36)58-49(37)41/h1-30H. The van der Waals surface area contributed by atoms with E-state index in [1.165, 1.54) is 21.5 Å². The summed E-state index contributed by atoms with van der Waals surface area (Å²) in [6.07, 6.45) is 0. The maximum Gasteiger partial charge on any atom is 0.167 e.